The van der Waals surface area contributed by atoms with Crippen LogP contribution >= 0.6 is 0 Å². The van der Waals surface area contributed by atoms with E-state index < -0.39 is 0 Å². The van der Waals surface area contributed by atoms with Gasteiger partial charge in [-0.15, -0.1) is 0 Å². The number of hydrogen-bond acceptors (Lipinski definition) is 2. The molecule has 2 heteroatoms. The Hall–Kier alpha value is -3.52. The lowest BCUT2D eigenvalue weighted by atomic mass is 9.67. The number of nitrogens with zero attached hydrogens (tertiary/aromatic N) is 2. The first-order valence-electron chi connectivity index (χ1n) is 21.0. The van der Waals surface area contributed by atoms with Gasteiger partial charge in [0.2, 0.25) is 0 Å². The minimum Gasteiger partial charge on any atom is -0.342 e. The minimum absolute atomic E-state index is 0.196. The zero-order chi connectivity index (χ0) is 34.1. The first-order chi connectivity index (χ1) is 25.1. The van der Waals surface area contributed by atoms with Gasteiger partial charge in [0, 0.05) is 34.7 Å². The van der Waals surface area contributed by atoms with E-state index in [1.807, 2.05) is 5.57 Å². The molecule has 5 atom stereocenters. The topological polar surface area (TPSA) is 6.48 Å². The number of benzene rings is 1. The molecule has 1 aromatic rings. The summed E-state index contributed by atoms with van der Waals surface area (Å²) in [6.45, 7) is 5.01. The summed E-state index contributed by atoms with van der Waals surface area (Å²) in [6, 6.07) is 12.5. The predicted octanol–water partition coefficient (Wildman–Crippen LogP) is 12.5. The van der Waals surface area contributed by atoms with Gasteiger partial charge in [-0.3, -0.25) is 0 Å². The van der Waals surface area contributed by atoms with Gasteiger partial charge in [0.1, 0.15) is 0 Å². The molecule has 1 aromatic carbocycles. The van der Waals surface area contributed by atoms with Crippen molar-refractivity contribution in [2.24, 2.45) is 35.0 Å². The second-order valence-corrected chi connectivity index (χ2v) is 17.9. The van der Waals surface area contributed by atoms with Gasteiger partial charge in [-0.25, -0.2) is 0 Å². The fraction of sp³-hybridized carbons (Fsp3) is 0.510. The van der Waals surface area contributed by atoms with Gasteiger partial charge in [0.15, 0.2) is 0 Å². The van der Waals surface area contributed by atoms with Crippen LogP contribution in [-0.2, 0) is 0 Å². The summed E-state index contributed by atoms with van der Waals surface area (Å²) in [5, 5.41) is 0. The lowest BCUT2D eigenvalue weighted by molar-refractivity contribution is 0.301. The van der Waals surface area contributed by atoms with Crippen molar-refractivity contribution in [1.29, 1.82) is 0 Å². The van der Waals surface area contributed by atoms with Crippen LogP contribution in [0.5, 0.6) is 0 Å². The first-order valence-corrected chi connectivity index (χ1v) is 21.0. The Morgan fingerprint density at radius 2 is 1.61 bits per heavy atom. The molecule has 0 amide bonds. The maximum absolute atomic E-state index is 2.91. The smallest absolute Gasteiger partial charge is 0.0582 e. The Bertz CT molecular complexity index is 1840. The molecule has 10 rings (SSSR count). The van der Waals surface area contributed by atoms with Crippen LogP contribution < -0.4 is 4.90 Å². The van der Waals surface area contributed by atoms with E-state index in [2.05, 4.69) is 115 Å². The van der Waals surface area contributed by atoms with Crippen molar-refractivity contribution < 1.29 is 0 Å². The fourth-order valence-electron chi connectivity index (χ4n) is 12.6. The van der Waals surface area contributed by atoms with Gasteiger partial charge in [-0.1, -0.05) is 80.7 Å². The van der Waals surface area contributed by atoms with E-state index in [1.165, 1.54) is 101 Å². The molecule has 0 bridgehead atoms. The molecular formula is C49H58N2. The summed E-state index contributed by atoms with van der Waals surface area (Å²) < 4.78 is 0. The van der Waals surface area contributed by atoms with Crippen LogP contribution in [0.4, 0.5) is 5.69 Å². The summed E-state index contributed by atoms with van der Waals surface area (Å²) in [6.07, 6.45) is 44.4. The molecule has 2 saturated carbocycles. The quantitative estimate of drug-likeness (QED) is 0.287. The van der Waals surface area contributed by atoms with E-state index in [9.17, 15) is 0 Å². The van der Waals surface area contributed by atoms with Crippen LogP contribution in [0, 0.1) is 35.0 Å². The summed E-state index contributed by atoms with van der Waals surface area (Å²) in [4.78, 5) is 5.69. The van der Waals surface area contributed by atoms with Gasteiger partial charge in [-0.2, -0.15) is 0 Å². The fourth-order valence-corrected chi connectivity index (χ4v) is 12.6. The molecule has 0 spiro atoms. The largest absolute Gasteiger partial charge is 0.342 e. The molecule has 5 unspecified atom stereocenters. The molecule has 0 N–H and O–H groups in total. The Labute approximate surface area is 307 Å². The lowest BCUT2D eigenvalue weighted by Gasteiger charge is -2.43. The molecule has 51 heavy (non-hydrogen) atoms. The summed E-state index contributed by atoms with van der Waals surface area (Å²) in [7, 11) is 0. The third kappa shape index (κ3) is 5.32. The highest BCUT2D eigenvalue weighted by atomic mass is 15.2. The molecule has 9 aliphatic rings. The lowest BCUT2D eigenvalue weighted by Crippen LogP contribution is -2.39. The van der Waals surface area contributed by atoms with Gasteiger partial charge in [0.25, 0.3) is 0 Å². The first kappa shape index (κ1) is 32.2. The average molecular weight is 675 g/mol. The standard InChI is InChI=1S/C49H58N2/c1-49(2)44-21-10-8-19-41(44)42-29-28-39(32-45(42)49)50(36-15-4-3-5-16-36)37-26-23-33(24-27-37)35-14-12-17-38(31-35)51-46-22-11-9-20-43(46)48-40-18-7-6-13-34(40)25-30-47(48)51/h3-7,11,14-16,19,21-22,28-29,31,33-34,37,40,43,45-46H,8-10,12-13,17-18,20,23-27,30,32H2,1-2H3. The normalized spacial score (nSPS) is 34.9. The molecule has 1 heterocycles. The van der Waals surface area contributed by atoms with Crippen molar-refractivity contribution in [2.75, 3.05) is 4.90 Å². The van der Waals surface area contributed by atoms with Crippen LogP contribution in [0.3, 0.4) is 0 Å². The summed E-state index contributed by atoms with van der Waals surface area (Å²) in [5.74, 6) is 3.67. The maximum atomic E-state index is 2.91. The molecule has 2 fully saturated rings. The van der Waals surface area contributed by atoms with E-state index in [1.54, 1.807) is 33.7 Å². The van der Waals surface area contributed by atoms with Crippen molar-refractivity contribution >= 4 is 5.69 Å². The Kier molecular flexibility index (Phi) is 8.11. The number of anilines is 1. The highest BCUT2D eigenvalue weighted by Crippen LogP contribution is 2.59. The number of allylic oxidation sites excluding steroid dienone is 16. The SMILES string of the molecule is CC1(C)C2=CCCC=C2C2=CC=C(N(c3ccccc3)C3CCC(C4=CCCC(N5C6=C(C7CC=CCC7CC6)C6CCC=CC65)=C4)CC3)CC21. The number of hydrogen-bond donors (Lipinski definition) is 0. The van der Waals surface area contributed by atoms with Gasteiger partial charge in [-0.05, 0) is 178 Å². The van der Waals surface area contributed by atoms with Gasteiger partial charge >= 0.3 is 0 Å². The molecule has 0 radical (unpaired) electrons. The molecule has 0 aromatic heterocycles. The molecule has 8 aliphatic carbocycles. The Morgan fingerprint density at radius 1 is 0.765 bits per heavy atom. The summed E-state index contributed by atoms with van der Waals surface area (Å²) in [5.41, 5.74) is 14.8. The predicted molar refractivity (Wildman–Crippen MR) is 213 cm³/mol. The van der Waals surface area contributed by atoms with Crippen LogP contribution in [0.25, 0.3) is 0 Å². The number of fused-ring (bicyclic) bond motifs is 7. The van der Waals surface area contributed by atoms with Crippen LogP contribution in [0.15, 0.2) is 136 Å². The highest BCUT2D eigenvalue weighted by Gasteiger charge is 2.49. The maximum Gasteiger partial charge on any atom is 0.0582 e. The second-order valence-electron chi connectivity index (χ2n) is 17.9. The van der Waals surface area contributed by atoms with E-state index in [-0.39, 0.29) is 5.41 Å². The Morgan fingerprint density at radius 3 is 2.49 bits per heavy atom. The third-order valence-electron chi connectivity index (χ3n) is 15.0. The van der Waals surface area contributed by atoms with E-state index in [0.717, 1.165) is 24.2 Å². The van der Waals surface area contributed by atoms with Crippen molar-refractivity contribution in [1.82, 2.24) is 4.90 Å². The molecule has 2 nitrogen and oxygen atoms in total. The van der Waals surface area contributed by atoms with Gasteiger partial charge in [0.05, 0.1) is 6.04 Å². The molecular weight excluding hydrogens is 617 g/mol. The van der Waals surface area contributed by atoms with E-state index in [0.29, 0.717) is 23.9 Å². The number of rotatable bonds is 5. The minimum atomic E-state index is 0.196. The van der Waals surface area contributed by atoms with Crippen molar-refractivity contribution in [3.05, 3.63) is 136 Å². The monoisotopic (exact) mass is 674 g/mol. The average Bonchev–Trinajstić information content (AvgIpc) is 3.65. The third-order valence-corrected chi connectivity index (χ3v) is 15.0. The highest BCUT2D eigenvalue weighted by molar-refractivity contribution is 5.63. The van der Waals surface area contributed by atoms with Crippen molar-refractivity contribution in [2.45, 2.75) is 122 Å². The van der Waals surface area contributed by atoms with Crippen molar-refractivity contribution in [3.8, 4) is 0 Å². The van der Waals surface area contributed by atoms with E-state index >= 15 is 0 Å². The Balaban J connectivity index is 0.895. The zero-order valence-electron chi connectivity index (χ0n) is 31.2. The van der Waals surface area contributed by atoms with Crippen molar-refractivity contribution in [3.63, 3.8) is 0 Å². The van der Waals surface area contributed by atoms with Crippen LogP contribution in [-0.4, -0.2) is 17.0 Å². The molecule has 0 saturated heterocycles. The number of para-hydroxylation sites is 1. The molecule has 1 aliphatic heterocycles. The van der Waals surface area contributed by atoms with Crippen LogP contribution in [0.1, 0.15) is 110 Å². The van der Waals surface area contributed by atoms with E-state index in [4.69, 9.17) is 0 Å². The van der Waals surface area contributed by atoms with Crippen LogP contribution in [0.2, 0.25) is 0 Å². The molecule has 264 valence electrons. The zero-order valence-corrected chi connectivity index (χ0v) is 31.2. The van der Waals surface area contributed by atoms with Gasteiger partial charge < -0.3 is 9.80 Å². The summed E-state index contributed by atoms with van der Waals surface area (Å²) >= 11 is 0. The second kappa shape index (κ2) is 12.9.